The van der Waals surface area contributed by atoms with Gasteiger partial charge in [0.2, 0.25) is 0 Å². The molecule has 1 aromatic heterocycles. The molecule has 1 aromatic carbocycles. The van der Waals surface area contributed by atoms with E-state index in [9.17, 15) is 0 Å². The van der Waals surface area contributed by atoms with E-state index in [1.807, 2.05) is 24.3 Å². The van der Waals surface area contributed by atoms with Gasteiger partial charge >= 0.3 is 0 Å². The van der Waals surface area contributed by atoms with Crippen molar-refractivity contribution in [3.63, 3.8) is 0 Å². The second-order valence-corrected chi connectivity index (χ2v) is 8.72. The SMILES string of the molecule is CCCOc1ccc(C(Cl)c2cc(Br)c(Br)s2)cc1Br. The number of halogens is 4. The van der Waals surface area contributed by atoms with E-state index in [1.54, 1.807) is 11.3 Å². The molecule has 0 saturated carbocycles. The molecule has 0 saturated heterocycles. The molecule has 2 rings (SSSR count). The highest BCUT2D eigenvalue weighted by atomic mass is 79.9. The number of thiophene rings is 1. The van der Waals surface area contributed by atoms with Crippen molar-refractivity contribution < 1.29 is 4.74 Å². The molecule has 0 aliphatic rings. The first kappa shape index (κ1) is 16.8. The fraction of sp³-hybridized carbons (Fsp3) is 0.286. The van der Waals surface area contributed by atoms with Crippen molar-refractivity contribution in [3.8, 4) is 5.75 Å². The van der Waals surface area contributed by atoms with Gasteiger partial charge in [-0.1, -0.05) is 13.0 Å². The fourth-order valence-corrected chi connectivity index (χ4v) is 4.60. The zero-order chi connectivity index (χ0) is 14.7. The molecule has 0 aliphatic heterocycles. The number of alkyl halides is 1. The summed E-state index contributed by atoms with van der Waals surface area (Å²) in [6.07, 6.45) is 0.990. The van der Waals surface area contributed by atoms with Gasteiger partial charge in [0.1, 0.15) is 5.75 Å². The molecular weight excluding hydrogens is 491 g/mol. The summed E-state index contributed by atoms with van der Waals surface area (Å²) in [6, 6.07) is 8.03. The van der Waals surface area contributed by atoms with Crippen LogP contribution in [0.4, 0.5) is 0 Å². The third kappa shape index (κ3) is 4.01. The predicted octanol–water partition coefficient (Wildman–Crippen LogP) is 7.15. The van der Waals surface area contributed by atoms with E-state index >= 15 is 0 Å². The fourth-order valence-electron chi connectivity index (χ4n) is 1.66. The highest BCUT2D eigenvalue weighted by molar-refractivity contribution is 9.13. The molecule has 6 heteroatoms. The Bertz CT molecular complexity index is 581. The minimum absolute atomic E-state index is 0.167. The van der Waals surface area contributed by atoms with E-state index in [0.717, 1.165) is 35.3 Å². The van der Waals surface area contributed by atoms with Crippen LogP contribution in [0.1, 0.15) is 29.2 Å². The third-order valence-corrected chi connectivity index (χ3v) is 7.18. The van der Waals surface area contributed by atoms with Crippen LogP contribution in [0.25, 0.3) is 0 Å². The Morgan fingerprint density at radius 1 is 1.20 bits per heavy atom. The van der Waals surface area contributed by atoms with Gasteiger partial charge in [0, 0.05) is 9.35 Å². The van der Waals surface area contributed by atoms with Crippen molar-refractivity contribution in [2.24, 2.45) is 0 Å². The summed E-state index contributed by atoms with van der Waals surface area (Å²) >= 11 is 18.7. The van der Waals surface area contributed by atoms with Crippen LogP contribution in [0.3, 0.4) is 0 Å². The van der Waals surface area contributed by atoms with Crippen LogP contribution in [0, 0.1) is 0 Å². The summed E-state index contributed by atoms with van der Waals surface area (Å²) in [5.41, 5.74) is 1.05. The van der Waals surface area contributed by atoms with Crippen molar-refractivity contribution >= 4 is 70.7 Å². The van der Waals surface area contributed by atoms with Crippen molar-refractivity contribution in [2.45, 2.75) is 18.7 Å². The van der Waals surface area contributed by atoms with Crippen molar-refractivity contribution in [3.05, 3.63) is 47.4 Å². The molecule has 108 valence electrons. The van der Waals surface area contributed by atoms with Crippen molar-refractivity contribution in [1.29, 1.82) is 0 Å². The maximum absolute atomic E-state index is 6.55. The van der Waals surface area contributed by atoms with Gasteiger partial charge in [0.15, 0.2) is 0 Å². The summed E-state index contributed by atoms with van der Waals surface area (Å²) < 4.78 is 8.67. The van der Waals surface area contributed by atoms with E-state index in [1.165, 1.54) is 0 Å². The van der Waals surface area contributed by atoms with Gasteiger partial charge in [-0.3, -0.25) is 0 Å². The first-order chi connectivity index (χ1) is 9.52. The van der Waals surface area contributed by atoms with Gasteiger partial charge < -0.3 is 4.74 Å². The quantitative estimate of drug-likeness (QED) is 0.394. The molecule has 1 unspecified atom stereocenters. The molecule has 0 bridgehead atoms. The second kappa shape index (κ2) is 7.63. The Labute approximate surface area is 153 Å². The first-order valence-corrected chi connectivity index (χ1v) is 9.67. The summed E-state index contributed by atoms with van der Waals surface area (Å²) in [5.74, 6) is 0.855. The minimum Gasteiger partial charge on any atom is -0.492 e. The molecule has 2 aromatic rings. The number of hydrogen-bond donors (Lipinski definition) is 0. The van der Waals surface area contributed by atoms with Crippen LogP contribution in [-0.4, -0.2) is 6.61 Å². The Kier molecular flexibility index (Phi) is 6.42. The zero-order valence-corrected chi connectivity index (χ0v) is 17.0. The Morgan fingerprint density at radius 3 is 2.50 bits per heavy atom. The first-order valence-electron chi connectivity index (χ1n) is 6.04. The summed E-state index contributed by atoms with van der Waals surface area (Å²) in [7, 11) is 0. The van der Waals surface area contributed by atoms with Gasteiger partial charge in [-0.15, -0.1) is 22.9 Å². The maximum atomic E-state index is 6.55. The lowest BCUT2D eigenvalue weighted by Gasteiger charge is -2.11. The van der Waals surface area contributed by atoms with Crippen LogP contribution in [-0.2, 0) is 0 Å². The monoisotopic (exact) mass is 500 g/mol. The zero-order valence-electron chi connectivity index (χ0n) is 10.6. The number of benzene rings is 1. The van der Waals surface area contributed by atoms with Crippen LogP contribution >= 0.6 is 70.7 Å². The molecule has 1 nitrogen and oxygen atoms in total. The third-order valence-electron chi connectivity index (χ3n) is 2.62. The Morgan fingerprint density at radius 2 is 1.95 bits per heavy atom. The summed E-state index contributed by atoms with van der Waals surface area (Å²) in [5, 5.41) is -0.167. The Balaban J connectivity index is 2.22. The standard InChI is InChI=1S/C14H12Br3ClOS/c1-2-5-19-11-4-3-8(6-9(11)15)13(18)12-7-10(16)14(17)20-12/h3-4,6-7,13H,2,5H2,1H3. The number of rotatable bonds is 5. The lowest BCUT2D eigenvalue weighted by molar-refractivity contribution is 0.315. The van der Waals surface area contributed by atoms with Gasteiger partial charge in [0.25, 0.3) is 0 Å². The topological polar surface area (TPSA) is 9.23 Å². The van der Waals surface area contributed by atoms with Gasteiger partial charge in [0.05, 0.1) is 20.2 Å². The molecule has 20 heavy (non-hydrogen) atoms. The van der Waals surface area contributed by atoms with E-state index in [0.29, 0.717) is 6.61 Å². The molecule has 0 N–H and O–H groups in total. The van der Waals surface area contributed by atoms with E-state index in [2.05, 4.69) is 54.7 Å². The largest absolute Gasteiger partial charge is 0.492 e. The van der Waals surface area contributed by atoms with Crippen LogP contribution in [0.15, 0.2) is 37.0 Å². The number of hydrogen-bond acceptors (Lipinski definition) is 2. The molecular formula is C14H12Br3ClOS. The lowest BCUT2D eigenvalue weighted by Crippen LogP contribution is -1.97. The second-order valence-electron chi connectivity index (χ2n) is 4.17. The van der Waals surface area contributed by atoms with Crippen LogP contribution in [0.2, 0.25) is 0 Å². The lowest BCUT2D eigenvalue weighted by atomic mass is 10.1. The average molecular weight is 503 g/mol. The molecule has 1 atom stereocenters. The molecule has 1 heterocycles. The minimum atomic E-state index is -0.167. The maximum Gasteiger partial charge on any atom is 0.133 e. The summed E-state index contributed by atoms with van der Waals surface area (Å²) in [4.78, 5) is 1.10. The molecule has 0 spiro atoms. The highest BCUT2D eigenvalue weighted by Gasteiger charge is 2.16. The smallest absolute Gasteiger partial charge is 0.133 e. The van der Waals surface area contributed by atoms with Crippen LogP contribution < -0.4 is 4.74 Å². The van der Waals surface area contributed by atoms with Gasteiger partial charge in [-0.2, -0.15) is 0 Å². The summed E-state index contributed by atoms with van der Waals surface area (Å²) in [6.45, 7) is 2.80. The average Bonchev–Trinajstić information content (AvgIpc) is 2.76. The molecule has 0 aliphatic carbocycles. The molecule has 0 amide bonds. The highest BCUT2D eigenvalue weighted by Crippen LogP contribution is 2.41. The normalized spacial score (nSPS) is 12.4. The van der Waals surface area contributed by atoms with Crippen molar-refractivity contribution in [2.75, 3.05) is 6.61 Å². The van der Waals surface area contributed by atoms with Crippen LogP contribution in [0.5, 0.6) is 5.75 Å². The van der Waals surface area contributed by atoms with Gasteiger partial charge in [-0.05, 0) is 78.0 Å². The van der Waals surface area contributed by atoms with E-state index in [4.69, 9.17) is 16.3 Å². The molecule has 0 radical (unpaired) electrons. The van der Waals surface area contributed by atoms with E-state index in [-0.39, 0.29) is 5.38 Å². The Hall–Kier alpha value is 0.450. The molecule has 0 fully saturated rings. The number of ether oxygens (including phenoxy) is 1. The predicted molar refractivity (Wildman–Crippen MR) is 97.3 cm³/mol. The van der Waals surface area contributed by atoms with E-state index < -0.39 is 0 Å². The van der Waals surface area contributed by atoms with Gasteiger partial charge in [-0.25, -0.2) is 0 Å². The van der Waals surface area contributed by atoms with Crippen molar-refractivity contribution in [1.82, 2.24) is 0 Å².